The summed E-state index contributed by atoms with van der Waals surface area (Å²) in [5, 5.41) is 15.3. The van der Waals surface area contributed by atoms with Crippen LogP contribution in [-0.4, -0.2) is 23.8 Å². The van der Waals surface area contributed by atoms with Gasteiger partial charge in [0.05, 0.1) is 6.04 Å². The fourth-order valence-corrected chi connectivity index (χ4v) is 3.55. The zero-order valence-corrected chi connectivity index (χ0v) is 13.2. The van der Waals surface area contributed by atoms with Gasteiger partial charge in [0.25, 0.3) is 0 Å². The van der Waals surface area contributed by atoms with Crippen molar-refractivity contribution in [1.82, 2.24) is 10.6 Å². The zero-order chi connectivity index (χ0) is 15.7. The van der Waals surface area contributed by atoms with Gasteiger partial charge in [0.2, 0.25) is 0 Å². The fourth-order valence-electron chi connectivity index (χ4n) is 3.55. The number of rotatable bonds is 3. The lowest BCUT2D eigenvalue weighted by Crippen LogP contribution is -2.43. The number of amides is 2. The Balaban J connectivity index is 1.63. The van der Waals surface area contributed by atoms with E-state index in [9.17, 15) is 4.79 Å². The van der Waals surface area contributed by atoms with Crippen molar-refractivity contribution in [3.63, 3.8) is 0 Å². The molecule has 0 saturated heterocycles. The first-order valence-corrected chi connectivity index (χ1v) is 8.02. The molecule has 2 amide bonds. The monoisotopic (exact) mass is 300 g/mol. The minimum atomic E-state index is -0.126. The van der Waals surface area contributed by atoms with Crippen LogP contribution in [-0.2, 0) is 6.42 Å². The highest BCUT2D eigenvalue weighted by atomic mass is 16.3. The maximum Gasteiger partial charge on any atom is 0.315 e. The minimum Gasteiger partial charge on any atom is -0.396 e. The molecule has 0 radical (unpaired) electrons. The van der Waals surface area contributed by atoms with E-state index in [2.05, 4.69) is 42.7 Å². The summed E-state index contributed by atoms with van der Waals surface area (Å²) < 4.78 is 0. The molecule has 0 fully saturated rings. The summed E-state index contributed by atoms with van der Waals surface area (Å²) >= 11 is 0. The SMILES string of the molecule is Cc1ccc2c(c1)[C@H](NC(=O)N[C@@H]1C=C[C@H](CO)C1)[C@@H](C)C2. The van der Waals surface area contributed by atoms with Gasteiger partial charge in [-0.15, -0.1) is 0 Å². The molecular weight excluding hydrogens is 276 g/mol. The predicted molar refractivity (Wildman–Crippen MR) is 86.6 cm³/mol. The zero-order valence-electron chi connectivity index (χ0n) is 13.2. The molecule has 2 aliphatic carbocycles. The van der Waals surface area contributed by atoms with E-state index >= 15 is 0 Å². The number of fused-ring (bicyclic) bond motifs is 1. The number of carbonyl (C=O) groups is 1. The quantitative estimate of drug-likeness (QED) is 0.751. The lowest BCUT2D eigenvalue weighted by Gasteiger charge is -2.21. The van der Waals surface area contributed by atoms with Gasteiger partial charge in [0.15, 0.2) is 0 Å². The summed E-state index contributed by atoms with van der Waals surface area (Å²) in [4.78, 5) is 12.3. The van der Waals surface area contributed by atoms with Crippen LogP contribution in [0, 0.1) is 18.8 Å². The number of carbonyl (C=O) groups excluding carboxylic acids is 1. The van der Waals surface area contributed by atoms with Crippen molar-refractivity contribution in [2.24, 2.45) is 11.8 Å². The average Bonchev–Trinajstić information content (AvgIpc) is 3.05. The molecule has 4 heteroatoms. The molecule has 0 aromatic heterocycles. The van der Waals surface area contributed by atoms with Crippen LogP contribution in [0.5, 0.6) is 0 Å². The highest BCUT2D eigenvalue weighted by Gasteiger charge is 2.31. The van der Waals surface area contributed by atoms with Crippen molar-refractivity contribution < 1.29 is 9.90 Å². The number of nitrogens with one attached hydrogen (secondary N) is 2. The molecule has 3 rings (SSSR count). The van der Waals surface area contributed by atoms with E-state index in [4.69, 9.17) is 5.11 Å². The van der Waals surface area contributed by atoms with Crippen molar-refractivity contribution in [2.45, 2.75) is 38.8 Å². The van der Waals surface area contributed by atoms with Crippen LogP contribution < -0.4 is 10.6 Å². The minimum absolute atomic E-state index is 0.0193. The van der Waals surface area contributed by atoms with E-state index in [1.807, 2.05) is 12.2 Å². The molecule has 4 atom stereocenters. The first-order valence-electron chi connectivity index (χ1n) is 8.02. The van der Waals surface area contributed by atoms with Gasteiger partial charge >= 0.3 is 6.03 Å². The summed E-state index contributed by atoms with van der Waals surface area (Å²) in [6, 6.07) is 6.46. The van der Waals surface area contributed by atoms with Crippen LogP contribution in [0.4, 0.5) is 4.79 Å². The van der Waals surface area contributed by atoms with Crippen LogP contribution in [0.1, 0.15) is 36.1 Å². The second-order valence-corrected chi connectivity index (χ2v) is 6.65. The molecule has 118 valence electrons. The standard InChI is InChI=1S/C18H24N2O2/c1-11-3-5-14-8-12(2)17(16(14)7-11)20-18(22)19-15-6-4-13(9-15)10-21/h3-7,12-13,15,17,21H,8-10H2,1-2H3,(H2,19,20,22)/t12-,13-,15+,17+/m0/s1. The van der Waals surface area contributed by atoms with Crippen LogP contribution in [0.2, 0.25) is 0 Å². The van der Waals surface area contributed by atoms with Gasteiger partial charge in [-0.3, -0.25) is 0 Å². The molecule has 22 heavy (non-hydrogen) atoms. The van der Waals surface area contributed by atoms with Gasteiger partial charge < -0.3 is 15.7 Å². The summed E-state index contributed by atoms with van der Waals surface area (Å²) in [6.45, 7) is 4.40. The maximum absolute atomic E-state index is 12.3. The smallest absolute Gasteiger partial charge is 0.315 e. The third-order valence-corrected chi connectivity index (χ3v) is 4.76. The number of hydrogen-bond acceptors (Lipinski definition) is 2. The number of benzene rings is 1. The Bertz CT molecular complexity index is 597. The molecule has 2 aliphatic rings. The molecular formula is C18H24N2O2. The largest absolute Gasteiger partial charge is 0.396 e. The van der Waals surface area contributed by atoms with E-state index in [1.54, 1.807) is 0 Å². The molecule has 0 heterocycles. The Morgan fingerprint density at radius 3 is 2.86 bits per heavy atom. The first kappa shape index (κ1) is 15.1. The highest BCUT2D eigenvalue weighted by Crippen LogP contribution is 2.36. The van der Waals surface area contributed by atoms with Crippen LogP contribution in [0.15, 0.2) is 30.4 Å². The van der Waals surface area contributed by atoms with Crippen LogP contribution >= 0.6 is 0 Å². The molecule has 0 unspecified atom stereocenters. The lowest BCUT2D eigenvalue weighted by atomic mass is 10.0. The molecule has 1 aromatic carbocycles. The van der Waals surface area contributed by atoms with Gasteiger partial charge in [-0.2, -0.15) is 0 Å². The van der Waals surface area contributed by atoms with E-state index in [1.165, 1.54) is 16.7 Å². The Hall–Kier alpha value is -1.81. The number of aryl methyl sites for hydroxylation is 1. The number of hydrogen-bond donors (Lipinski definition) is 3. The molecule has 1 aromatic rings. The molecule has 0 spiro atoms. The Kier molecular flexibility index (Phi) is 4.21. The second-order valence-electron chi connectivity index (χ2n) is 6.65. The summed E-state index contributed by atoms with van der Waals surface area (Å²) in [6.07, 6.45) is 5.73. The Labute approximate surface area is 131 Å². The number of urea groups is 1. The van der Waals surface area contributed by atoms with E-state index in [0.29, 0.717) is 5.92 Å². The lowest BCUT2D eigenvalue weighted by molar-refractivity contribution is 0.226. The van der Waals surface area contributed by atoms with Gasteiger partial charge in [-0.05, 0) is 36.8 Å². The summed E-state index contributed by atoms with van der Waals surface area (Å²) in [5.74, 6) is 0.575. The van der Waals surface area contributed by atoms with Gasteiger partial charge in [-0.25, -0.2) is 4.79 Å². The highest BCUT2D eigenvalue weighted by molar-refractivity contribution is 5.75. The topological polar surface area (TPSA) is 61.4 Å². The molecule has 4 nitrogen and oxygen atoms in total. The van der Waals surface area contributed by atoms with Gasteiger partial charge in [0, 0.05) is 18.6 Å². The molecule has 0 bridgehead atoms. The fraction of sp³-hybridized carbons (Fsp3) is 0.500. The van der Waals surface area contributed by atoms with Crippen molar-refractivity contribution in [3.8, 4) is 0 Å². The number of aliphatic hydroxyl groups is 1. The van der Waals surface area contributed by atoms with E-state index < -0.39 is 0 Å². The second kappa shape index (κ2) is 6.13. The van der Waals surface area contributed by atoms with Crippen LogP contribution in [0.3, 0.4) is 0 Å². The van der Waals surface area contributed by atoms with Crippen molar-refractivity contribution >= 4 is 6.03 Å². The molecule has 3 N–H and O–H groups in total. The third kappa shape index (κ3) is 3.02. The maximum atomic E-state index is 12.3. The van der Waals surface area contributed by atoms with E-state index in [0.717, 1.165) is 12.8 Å². The summed E-state index contributed by atoms with van der Waals surface area (Å²) in [7, 11) is 0. The van der Waals surface area contributed by atoms with Gasteiger partial charge in [-0.1, -0.05) is 42.8 Å². The molecule has 0 saturated carbocycles. The predicted octanol–water partition coefficient (Wildman–Crippen LogP) is 2.46. The normalized spacial score (nSPS) is 29.4. The summed E-state index contributed by atoms with van der Waals surface area (Å²) in [5.41, 5.74) is 3.81. The van der Waals surface area contributed by atoms with Crippen molar-refractivity contribution in [1.29, 1.82) is 0 Å². The third-order valence-electron chi connectivity index (χ3n) is 4.76. The molecule has 0 aliphatic heterocycles. The van der Waals surface area contributed by atoms with E-state index in [-0.39, 0.29) is 30.6 Å². The van der Waals surface area contributed by atoms with Gasteiger partial charge in [0.1, 0.15) is 0 Å². The Morgan fingerprint density at radius 2 is 2.14 bits per heavy atom. The number of aliphatic hydroxyl groups excluding tert-OH is 1. The van der Waals surface area contributed by atoms with Crippen LogP contribution in [0.25, 0.3) is 0 Å². The van der Waals surface area contributed by atoms with Crippen molar-refractivity contribution in [2.75, 3.05) is 6.61 Å². The Morgan fingerprint density at radius 1 is 1.32 bits per heavy atom. The first-order chi connectivity index (χ1) is 10.6. The average molecular weight is 300 g/mol. The van der Waals surface area contributed by atoms with Crippen molar-refractivity contribution in [3.05, 3.63) is 47.0 Å².